The zero-order chi connectivity index (χ0) is 13.1. The van der Waals surface area contributed by atoms with E-state index in [2.05, 4.69) is 10.3 Å². The minimum Gasteiger partial charge on any atom is -0.326 e. The monoisotopic (exact) mass is 251 g/mol. The van der Waals surface area contributed by atoms with Crippen molar-refractivity contribution < 1.29 is 4.79 Å². The fourth-order valence-electron chi connectivity index (χ4n) is 1.99. The summed E-state index contributed by atoms with van der Waals surface area (Å²) in [4.78, 5) is 17.8. The molecular formula is C15H13N3O. The third-order valence-corrected chi connectivity index (χ3v) is 2.87. The second kappa shape index (κ2) is 4.94. The van der Waals surface area contributed by atoms with Gasteiger partial charge in [-0.1, -0.05) is 36.4 Å². The Bertz CT molecular complexity index is 608. The molecule has 1 N–H and O–H groups in total. The van der Waals surface area contributed by atoms with Crippen molar-refractivity contribution in [2.75, 3.05) is 16.8 Å². The Hall–Kier alpha value is -2.62. The number of anilines is 2. The maximum Gasteiger partial charge on any atom is 0.255 e. The van der Waals surface area contributed by atoms with Crippen LogP contribution in [0.1, 0.15) is 0 Å². The van der Waals surface area contributed by atoms with Gasteiger partial charge in [0.2, 0.25) is 5.96 Å². The lowest BCUT2D eigenvalue weighted by Gasteiger charge is -2.19. The minimum absolute atomic E-state index is 0.0235. The number of carbonyl (C=O) groups is 1. The molecular weight excluding hydrogens is 238 g/mol. The molecule has 0 bridgehead atoms. The highest BCUT2D eigenvalue weighted by atomic mass is 16.2. The molecule has 0 fully saturated rings. The number of hydrogen-bond acceptors (Lipinski definition) is 3. The van der Waals surface area contributed by atoms with E-state index in [-0.39, 0.29) is 12.5 Å². The maximum absolute atomic E-state index is 11.9. The van der Waals surface area contributed by atoms with Gasteiger partial charge in [0.15, 0.2) is 0 Å². The fourth-order valence-corrected chi connectivity index (χ4v) is 1.99. The van der Waals surface area contributed by atoms with Crippen LogP contribution < -0.4 is 10.2 Å². The van der Waals surface area contributed by atoms with Crippen molar-refractivity contribution in [1.82, 2.24) is 0 Å². The van der Waals surface area contributed by atoms with Crippen LogP contribution in [0.25, 0.3) is 0 Å². The second-order valence-electron chi connectivity index (χ2n) is 4.20. The topological polar surface area (TPSA) is 44.7 Å². The van der Waals surface area contributed by atoms with E-state index in [1.54, 1.807) is 4.90 Å². The molecule has 0 saturated carbocycles. The smallest absolute Gasteiger partial charge is 0.255 e. The van der Waals surface area contributed by atoms with Crippen molar-refractivity contribution in [2.24, 2.45) is 4.99 Å². The zero-order valence-corrected chi connectivity index (χ0v) is 10.3. The maximum atomic E-state index is 11.9. The van der Waals surface area contributed by atoms with Crippen molar-refractivity contribution in [3.8, 4) is 0 Å². The minimum atomic E-state index is -0.0235. The molecule has 0 saturated heterocycles. The quantitative estimate of drug-likeness (QED) is 0.891. The molecule has 3 rings (SSSR count). The number of para-hydroxylation sites is 2. The van der Waals surface area contributed by atoms with Gasteiger partial charge in [-0.15, -0.1) is 0 Å². The Labute approximate surface area is 111 Å². The van der Waals surface area contributed by atoms with Gasteiger partial charge in [0.1, 0.15) is 6.54 Å². The van der Waals surface area contributed by atoms with Gasteiger partial charge in [-0.2, -0.15) is 0 Å². The average molecular weight is 251 g/mol. The molecule has 1 amide bonds. The number of rotatable bonds is 2. The standard InChI is InChI=1S/C15H13N3O/c19-14-11-16-15(17-12-7-3-1-4-8-12)18(14)13-9-5-2-6-10-13/h1-10H,11H2,(H,16,17). The number of benzene rings is 2. The lowest BCUT2D eigenvalue weighted by atomic mass is 10.3. The van der Waals surface area contributed by atoms with Gasteiger partial charge in [-0.05, 0) is 24.3 Å². The normalized spacial score (nSPS) is 14.4. The summed E-state index contributed by atoms with van der Waals surface area (Å²) in [6.07, 6.45) is 0. The third kappa shape index (κ3) is 2.33. The van der Waals surface area contributed by atoms with Gasteiger partial charge in [-0.3, -0.25) is 4.79 Å². The summed E-state index contributed by atoms with van der Waals surface area (Å²) in [5, 5.41) is 3.17. The molecule has 94 valence electrons. The highest BCUT2D eigenvalue weighted by Gasteiger charge is 2.26. The first-order chi connectivity index (χ1) is 9.34. The highest BCUT2D eigenvalue weighted by Crippen LogP contribution is 2.19. The van der Waals surface area contributed by atoms with E-state index >= 15 is 0 Å². The Morgan fingerprint density at radius 3 is 2.26 bits per heavy atom. The van der Waals surface area contributed by atoms with Crippen molar-refractivity contribution in [3.63, 3.8) is 0 Å². The molecule has 0 spiro atoms. The second-order valence-corrected chi connectivity index (χ2v) is 4.20. The molecule has 4 heteroatoms. The van der Waals surface area contributed by atoms with Crippen LogP contribution in [0.5, 0.6) is 0 Å². The van der Waals surface area contributed by atoms with E-state index < -0.39 is 0 Å². The van der Waals surface area contributed by atoms with Crippen LogP contribution in [0.2, 0.25) is 0 Å². The summed E-state index contributed by atoms with van der Waals surface area (Å²) in [5.41, 5.74) is 1.74. The molecule has 0 aliphatic carbocycles. The molecule has 0 aromatic heterocycles. The van der Waals surface area contributed by atoms with Gasteiger partial charge in [0.25, 0.3) is 5.91 Å². The molecule has 4 nitrogen and oxygen atoms in total. The number of guanidine groups is 1. The predicted molar refractivity (Wildman–Crippen MR) is 76.3 cm³/mol. The summed E-state index contributed by atoms with van der Waals surface area (Å²) < 4.78 is 0. The van der Waals surface area contributed by atoms with Crippen LogP contribution in [-0.4, -0.2) is 18.4 Å². The first-order valence-corrected chi connectivity index (χ1v) is 6.09. The predicted octanol–water partition coefficient (Wildman–Crippen LogP) is 2.50. The molecule has 1 heterocycles. The van der Waals surface area contributed by atoms with E-state index in [9.17, 15) is 4.79 Å². The van der Waals surface area contributed by atoms with Crippen LogP contribution >= 0.6 is 0 Å². The SMILES string of the molecule is O=C1CN=C(Nc2ccccc2)N1c1ccccc1. The first kappa shape index (κ1) is 11.5. The van der Waals surface area contributed by atoms with Gasteiger partial charge in [0, 0.05) is 5.69 Å². The number of carbonyl (C=O) groups excluding carboxylic acids is 1. The molecule has 0 radical (unpaired) electrons. The Morgan fingerprint density at radius 1 is 0.947 bits per heavy atom. The van der Waals surface area contributed by atoms with Crippen LogP contribution in [0, 0.1) is 0 Å². The summed E-state index contributed by atoms with van der Waals surface area (Å²) in [6.45, 7) is 0.185. The van der Waals surface area contributed by atoms with Crippen molar-refractivity contribution in [2.45, 2.75) is 0 Å². The van der Waals surface area contributed by atoms with Crippen molar-refractivity contribution in [3.05, 3.63) is 60.7 Å². The largest absolute Gasteiger partial charge is 0.326 e. The van der Waals surface area contributed by atoms with Crippen LogP contribution in [-0.2, 0) is 4.79 Å². The third-order valence-electron chi connectivity index (χ3n) is 2.87. The molecule has 19 heavy (non-hydrogen) atoms. The van der Waals surface area contributed by atoms with E-state index in [0.29, 0.717) is 5.96 Å². The average Bonchev–Trinajstić information content (AvgIpc) is 2.82. The van der Waals surface area contributed by atoms with Crippen LogP contribution in [0.4, 0.5) is 11.4 Å². The van der Waals surface area contributed by atoms with Crippen LogP contribution in [0.15, 0.2) is 65.7 Å². The molecule has 2 aromatic rings. The van der Waals surface area contributed by atoms with Gasteiger partial charge in [0.05, 0.1) is 5.69 Å². The lowest BCUT2D eigenvalue weighted by Crippen LogP contribution is -2.36. The number of nitrogens with one attached hydrogen (secondary N) is 1. The summed E-state index contributed by atoms with van der Waals surface area (Å²) >= 11 is 0. The Kier molecular flexibility index (Phi) is 2.98. The van der Waals surface area contributed by atoms with Gasteiger partial charge < -0.3 is 5.32 Å². The zero-order valence-electron chi connectivity index (χ0n) is 10.3. The fraction of sp³-hybridized carbons (Fsp3) is 0.0667. The summed E-state index contributed by atoms with van der Waals surface area (Å²) in [6, 6.07) is 19.2. The Morgan fingerprint density at radius 2 is 1.58 bits per heavy atom. The molecule has 1 aliphatic heterocycles. The number of amides is 1. The summed E-state index contributed by atoms with van der Waals surface area (Å²) in [7, 11) is 0. The molecule has 0 atom stereocenters. The number of hydrogen-bond donors (Lipinski definition) is 1. The van der Waals surface area contributed by atoms with Crippen LogP contribution in [0.3, 0.4) is 0 Å². The lowest BCUT2D eigenvalue weighted by molar-refractivity contribution is -0.115. The number of nitrogens with zero attached hydrogens (tertiary/aromatic N) is 2. The summed E-state index contributed by atoms with van der Waals surface area (Å²) in [5.74, 6) is 0.548. The van der Waals surface area contributed by atoms with Crippen molar-refractivity contribution >= 4 is 23.2 Å². The molecule has 1 aliphatic rings. The number of aliphatic imine (C=N–C) groups is 1. The van der Waals surface area contributed by atoms with E-state index in [1.165, 1.54) is 0 Å². The van der Waals surface area contributed by atoms with E-state index in [1.807, 2.05) is 60.7 Å². The Balaban J connectivity index is 1.87. The van der Waals surface area contributed by atoms with Gasteiger partial charge in [-0.25, -0.2) is 9.89 Å². The molecule has 2 aromatic carbocycles. The molecule has 0 unspecified atom stereocenters. The van der Waals surface area contributed by atoms with Crippen molar-refractivity contribution in [1.29, 1.82) is 0 Å². The highest BCUT2D eigenvalue weighted by molar-refractivity contribution is 6.24. The van der Waals surface area contributed by atoms with Gasteiger partial charge >= 0.3 is 0 Å². The van der Waals surface area contributed by atoms with E-state index in [4.69, 9.17) is 0 Å². The van der Waals surface area contributed by atoms with E-state index in [0.717, 1.165) is 11.4 Å². The first-order valence-electron chi connectivity index (χ1n) is 6.09.